The van der Waals surface area contributed by atoms with Gasteiger partial charge in [-0.25, -0.2) is 10.8 Å². The van der Waals surface area contributed by atoms with E-state index in [4.69, 9.17) is 28.2 Å². The molecule has 1 aliphatic carbocycles. The van der Waals surface area contributed by atoms with E-state index >= 15 is 0 Å². The lowest BCUT2D eigenvalue weighted by Crippen LogP contribution is -2.45. The summed E-state index contributed by atoms with van der Waals surface area (Å²) in [6.07, 6.45) is 9.62. The van der Waals surface area contributed by atoms with E-state index in [0.29, 0.717) is 58.5 Å². The molecule has 3 aromatic heterocycles. The van der Waals surface area contributed by atoms with Crippen LogP contribution in [0.1, 0.15) is 97.3 Å². The molecule has 17 nitrogen and oxygen atoms in total. The van der Waals surface area contributed by atoms with Crippen molar-refractivity contribution in [3.63, 3.8) is 0 Å². The summed E-state index contributed by atoms with van der Waals surface area (Å²) in [6, 6.07) is 18.5. The van der Waals surface area contributed by atoms with Crippen molar-refractivity contribution in [1.82, 2.24) is 49.6 Å². The zero-order valence-electron chi connectivity index (χ0n) is 34.5. The molecular weight excluding hydrogens is 808 g/mol. The Morgan fingerprint density at radius 3 is 2.60 bits per heavy atom. The lowest BCUT2D eigenvalue weighted by molar-refractivity contribution is -0.135. The molecule has 2 aliphatic heterocycles. The first-order chi connectivity index (χ1) is 30.0. The Kier molecular flexibility index (Phi) is 10.9. The molecule has 6 N–H and O–H groups in total. The third-order valence-electron chi connectivity index (χ3n) is 11.8. The highest BCUT2D eigenvalue weighted by Crippen LogP contribution is 2.51. The van der Waals surface area contributed by atoms with Crippen LogP contribution < -0.4 is 27.8 Å². The Morgan fingerprint density at radius 1 is 1.00 bits per heavy atom. The zero-order chi connectivity index (χ0) is 43.1. The maximum absolute atomic E-state index is 13.8. The van der Waals surface area contributed by atoms with Crippen LogP contribution >= 0.6 is 11.6 Å². The number of fused-ring (bicyclic) bond motifs is 5. The molecule has 5 heterocycles. The average molecular weight is 855 g/mol. The lowest BCUT2D eigenvalue weighted by Gasteiger charge is -2.24. The predicted molar refractivity (Wildman–Crippen MR) is 235 cm³/mol. The van der Waals surface area contributed by atoms with Crippen LogP contribution in [0.2, 0.25) is 5.02 Å². The van der Waals surface area contributed by atoms with Gasteiger partial charge in [0, 0.05) is 47.5 Å². The van der Waals surface area contributed by atoms with Crippen molar-refractivity contribution in [1.29, 1.82) is 0 Å². The van der Waals surface area contributed by atoms with Crippen molar-refractivity contribution in [3.05, 3.63) is 128 Å². The molecule has 1 atom stereocenters. The number of amides is 2. The average Bonchev–Trinajstić information content (AvgIpc) is 3.75. The largest absolute Gasteiger partial charge is 0.397 e. The van der Waals surface area contributed by atoms with Crippen LogP contribution in [0, 0.1) is 13.8 Å². The molecule has 62 heavy (non-hydrogen) atoms. The van der Waals surface area contributed by atoms with Gasteiger partial charge in [0.1, 0.15) is 28.9 Å². The molecule has 0 radical (unpaired) electrons. The third-order valence-corrected chi connectivity index (χ3v) is 12.0. The minimum absolute atomic E-state index is 0.158. The van der Waals surface area contributed by atoms with Gasteiger partial charge in [-0.05, 0) is 87.9 Å². The van der Waals surface area contributed by atoms with E-state index in [9.17, 15) is 14.4 Å². The van der Waals surface area contributed by atoms with E-state index in [0.717, 1.165) is 78.3 Å². The van der Waals surface area contributed by atoms with Crippen LogP contribution in [0.5, 0.6) is 0 Å². The number of carbonyl (C=O) groups is 2. The Morgan fingerprint density at radius 2 is 1.81 bits per heavy atom. The van der Waals surface area contributed by atoms with Gasteiger partial charge in [-0.2, -0.15) is 0 Å². The minimum atomic E-state index is -0.802. The van der Waals surface area contributed by atoms with Gasteiger partial charge in [0.05, 0.1) is 40.7 Å². The molecule has 18 heteroatoms. The number of hydrogen-bond donors (Lipinski definition) is 4. The zero-order valence-corrected chi connectivity index (χ0v) is 35.3. The fraction of sp³-hybridized carbons (Fsp3) is 0.341. The quantitative estimate of drug-likeness (QED) is 0.0494. The van der Waals surface area contributed by atoms with Gasteiger partial charge in [-0.15, -0.1) is 15.3 Å². The summed E-state index contributed by atoms with van der Waals surface area (Å²) in [6.45, 7) is 5.33. The number of aromatic nitrogens is 8. The van der Waals surface area contributed by atoms with Crippen LogP contribution in [0.15, 0.2) is 82.8 Å². The van der Waals surface area contributed by atoms with Crippen LogP contribution in [0.3, 0.4) is 0 Å². The topological polar surface area (TPSA) is 222 Å². The summed E-state index contributed by atoms with van der Waals surface area (Å²) < 4.78 is 5.32. The van der Waals surface area contributed by atoms with E-state index < -0.39 is 17.5 Å². The molecule has 318 valence electrons. The first-order valence-electron chi connectivity index (χ1n) is 20.9. The SMILES string of the molecule is Cc1nnc2n1-c1ccc(/C(N)=C/N(N)CCCCCCn3cc(CNc4cccc5nc(C)n(C6CCC(=O)NC6=O)c(=O)c45)nn3)cc1C(c1ccc(Cl)cc1)=NC21CC1. The van der Waals surface area contributed by atoms with Crippen LogP contribution in [-0.4, -0.2) is 68.4 Å². The number of aliphatic imine (C=N–C) groups is 1. The lowest BCUT2D eigenvalue weighted by atomic mass is 9.97. The van der Waals surface area contributed by atoms with E-state index in [2.05, 4.69) is 52.8 Å². The Labute approximate surface area is 361 Å². The molecule has 0 bridgehead atoms. The monoisotopic (exact) mass is 854 g/mol. The van der Waals surface area contributed by atoms with Crippen molar-refractivity contribution in [2.45, 2.75) is 89.9 Å². The van der Waals surface area contributed by atoms with Crippen molar-refractivity contribution in [3.8, 4) is 5.69 Å². The standard InChI is InChI=1S/C44H47ClN14O3/c1-26-49-35-9-7-8-34(39(35)42(62)58(26)37-16-17-38(60)50-41(37)61)48-23-31-24-57(55-53-31)21-6-4-3-5-20-56(47)25-33(46)29-12-15-36-32(22-29)40(28-10-13-30(45)14-11-28)51-44(18-19-44)43-54-52-27(2)59(36)43/h7-15,22,24-25,37,48H,3-6,16-21,23,46-47H2,1-2H3,(H,50,60,61)/b33-25-. The van der Waals surface area contributed by atoms with Gasteiger partial charge in [-0.3, -0.25) is 38.5 Å². The van der Waals surface area contributed by atoms with Crippen molar-refractivity contribution < 1.29 is 9.59 Å². The fourth-order valence-corrected chi connectivity index (χ4v) is 8.53. The molecule has 9 rings (SSSR count). The van der Waals surface area contributed by atoms with E-state index in [1.807, 2.05) is 54.2 Å². The highest BCUT2D eigenvalue weighted by molar-refractivity contribution is 6.30. The molecule has 1 saturated heterocycles. The molecular formula is C44H47ClN14O3. The highest BCUT2D eigenvalue weighted by Gasteiger charge is 2.51. The first-order valence-corrected chi connectivity index (χ1v) is 21.3. The van der Waals surface area contributed by atoms with E-state index in [1.54, 1.807) is 30.3 Å². The number of benzene rings is 3. The van der Waals surface area contributed by atoms with Crippen LogP contribution in [0.25, 0.3) is 22.3 Å². The predicted octanol–water partition coefficient (Wildman–Crippen LogP) is 4.96. The molecule has 1 unspecified atom stereocenters. The number of piperidine rings is 1. The molecule has 2 amide bonds. The van der Waals surface area contributed by atoms with E-state index in [1.165, 1.54) is 4.57 Å². The maximum atomic E-state index is 13.8. The number of nitrogens with two attached hydrogens (primary N) is 2. The molecule has 2 fully saturated rings. The molecule has 1 saturated carbocycles. The summed E-state index contributed by atoms with van der Waals surface area (Å²) in [5.41, 5.74) is 12.8. The van der Waals surface area contributed by atoms with Gasteiger partial charge in [0.25, 0.3) is 5.56 Å². The van der Waals surface area contributed by atoms with Gasteiger partial charge in [-0.1, -0.05) is 53.9 Å². The minimum Gasteiger partial charge on any atom is -0.397 e. The summed E-state index contributed by atoms with van der Waals surface area (Å²) in [7, 11) is 0. The molecule has 3 aromatic carbocycles. The highest BCUT2D eigenvalue weighted by atomic mass is 35.5. The summed E-state index contributed by atoms with van der Waals surface area (Å²) in [5, 5.41) is 25.9. The number of anilines is 1. The van der Waals surface area contributed by atoms with Crippen molar-refractivity contribution in [2.24, 2.45) is 16.6 Å². The Bertz CT molecular complexity index is 2840. The number of hydrazine groups is 1. The second-order valence-electron chi connectivity index (χ2n) is 16.2. The van der Waals surface area contributed by atoms with Gasteiger partial charge in [0.15, 0.2) is 5.82 Å². The normalized spacial score (nSPS) is 16.7. The van der Waals surface area contributed by atoms with Gasteiger partial charge < -0.3 is 16.1 Å². The third kappa shape index (κ3) is 7.96. The van der Waals surface area contributed by atoms with E-state index in [-0.39, 0.29) is 24.3 Å². The summed E-state index contributed by atoms with van der Waals surface area (Å²) in [5.74, 6) is 7.67. The number of rotatable bonds is 14. The second-order valence-corrected chi connectivity index (χ2v) is 16.6. The number of unbranched alkanes of at least 4 members (excludes halogenated alkanes) is 3. The number of halogens is 1. The Balaban J connectivity index is 0.784. The number of hydrogen-bond acceptors (Lipinski definition) is 13. The van der Waals surface area contributed by atoms with Crippen LogP contribution in [0.4, 0.5) is 5.69 Å². The van der Waals surface area contributed by atoms with Crippen molar-refractivity contribution in [2.75, 3.05) is 11.9 Å². The number of imide groups is 1. The van der Waals surface area contributed by atoms with Crippen molar-refractivity contribution >= 4 is 51.4 Å². The number of carbonyl (C=O) groups excluding carboxylic acids is 2. The fourth-order valence-electron chi connectivity index (χ4n) is 8.41. The first kappa shape index (κ1) is 40.7. The number of aryl methyl sites for hydroxylation is 3. The maximum Gasteiger partial charge on any atom is 0.264 e. The molecule has 6 aromatic rings. The second kappa shape index (κ2) is 16.6. The van der Waals surface area contributed by atoms with Crippen LogP contribution in [-0.2, 0) is 28.2 Å². The summed E-state index contributed by atoms with van der Waals surface area (Å²) in [4.78, 5) is 48.1. The summed E-state index contributed by atoms with van der Waals surface area (Å²) >= 11 is 6.27. The smallest absolute Gasteiger partial charge is 0.264 e. The van der Waals surface area contributed by atoms with Gasteiger partial charge in [0.2, 0.25) is 11.8 Å². The molecule has 1 spiro atoms. The molecule has 3 aliphatic rings. The number of nitrogens with zero attached hydrogens (tertiary/aromatic N) is 10. The number of nitrogens with one attached hydrogen (secondary N) is 2. The Hall–Kier alpha value is -6.72. The van der Waals surface area contributed by atoms with Gasteiger partial charge >= 0.3 is 0 Å².